The van der Waals surface area contributed by atoms with Gasteiger partial charge in [-0.2, -0.15) is 0 Å². The zero-order valence-electron chi connectivity index (χ0n) is 37.2. The summed E-state index contributed by atoms with van der Waals surface area (Å²) in [5, 5.41) is 46.4. The van der Waals surface area contributed by atoms with Crippen LogP contribution < -0.4 is 0 Å². The van der Waals surface area contributed by atoms with Crippen molar-refractivity contribution in [2.24, 2.45) is 0 Å². The first-order valence-electron chi connectivity index (χ1n) is 19.9. The first kappa shape index (κ1) is 44.5. The number of aromatic hydroxyl groups is 3. The van der Waals surface area contributed by atoms with Crippen LogP contribution in [0.4, 0.5) is 9.59 Å². The Morgan fingerprint density at radius 3 is 1.02 bits per heavy atom. The van der Waals surface area contributed by atoms with Gasteiger partial charge in [0.15, 0.2) is 0 Å². The Morgan fingerprint density at radius 1 is 0.482 bits per heavy atom. The Morgan fingerprint density at radius 2 is 0.750 bits per heavy atom. The normalized spacial score (nSPS) is 15.4. The highest BCUT2D eigenvalue weighted by atomic mass is 16.3. The molecule has 308 valence electrons. The van der Waals surface area contributed by atoms with Gasteiger partial charge in [0, 0.05) is 0 Å². The minimum Gasteiger partial charge on any atom is -0.507 e. The van der Waals surface area contributed by atoms with Gasteiger partial charge in [-0.1, -0.05) is 124 Å². The molecule has 3 aromatic carbocycles. The molecule has 1 saturated heterocycles. The minimum atomic E-state index is -1.63. The fourth-order valence-electron chi connectivity index (χ4n) is 7.45. The standard InChI is InChI=1S/C47H69N3O6/c1-27(2)31-18-28(19-32(37(31)51)43(3,4)5)24-48-40(54)49(25-29-20-33(44(6,7)8)38(52)34(21-29)45(9,10)11)42(56)50(41(48)55)26-30-22-35(46(12,13)14)39(53)36(23-30)47(15,16)17/h18-23,27,42,51-53,56H,24-26H2,1-17H3. The number of rotatable bonds is 7. The molecule has 0 saturated carbocycles. The van der Waals surface area contributed by atoms with Crippen LogP contribution in [-0.4, -0.2) is 53.5 Å². The largest absolute Gasteiger partial charge is 0.507 e. The summed E-state index contributed by atoms with van der Waals surface area (Å²) in [6, 6.07) is 9.92. The van der Waals surface area contributed by atoms with Gasteiger partial charge >= 0.3 is 12.1 Å². The Hall–Kier alpha value is -4.24. The quantitative estimate of drug-likeness (QED) is 0.190. The maximum atomic E-state index is 14.7. The summed E-state index contributed by atoms with van der Waals surface area (Å²) >= 11 is 0. The Balaban J connectivity index is 1.94. The van der Waals surface area contributed by atoms with Gasteiger partial charge in [0.05, 0.1) is 19.6 Å². The van der Waals surface area contributed by atoms with Crippen LogP contribution in [0.3, 0.4) is 0 Å². The van der Waals surface area contributed by atoms with E-state index in [0.717, 1.165) is 27.8 Å². The molecule has 1 heterocycles. The molecule has 0 aromatic heterocycles. The van der Waals surface area contributed by atoms with E-state index < -0.39 is 45.5 Å². The fourth-order valence-corrected chi connectivity index (χ4v) is 7.45. The highest BCUT2D eigenvalue weighted by Crippen LogP contribution is 2.43. The molecule has 1 fully saturated rings. The summed E-state index contributed by atoms with van der Waals surface area (Å²) in [5.74, 6) is 0.597. The number of imide groups is 1. The monoisotopic (exact) mass is 772 g/mol. The number of aliphatic hydroxyl groups is 1. The second-order valence-electron chi connectivity index (χ2n) is 21.3. The van der Waals surface area contributed by atoms with Crippen molar-refractivity contribution < 1.29 is 30.0 Å². The van der Waals surface area contributed by atoms with Crippen LogP contribution in [0.5, 0.6) is 17.2 Å². The van der Waals surface area contributed by atoms with Gasteiger partial charge < -0.3 is 20.4 Å². The van der Waals surface area contributed by atoms with E-state index in [-0.39, 0.29) is 42.8 Å². The van der Waals surface area contributed by atoms with E-state index in [4.69, 9.17) is 0 Å². The molecule has 0 radical (unpaired) electrons. The van der Waals surface area contributed by atoms with Crippen molar-refractivity contribution in [2.75, 3.05) is 0 Å². The van der Waals surface area contributed by atoms with Crippen LogP contribution >= 0.6 is 0 Å². The number of nitrogens with zero attached hydrogens (tertiary/aromatic N) is 3. The van der Waals surface area contributed by atoms with Crippen molar-refractivity contribution in [1.29, 1.82) is 0 Å². The molecule has 4 amide bonds. The minimum absolute atomic E-state index is 0.0225. The Kier molecular flexibility index (Phi) is 11.9. The van der Waals surface area contributed by atoms with Crippen molar-refractivity contribution in [3.8, 4) is 17.2 Å². The van der Waals surface area contributed by atoms with Gasteiger partial charge in [0.25, 0.3) is 0 Å². The smallest absolute Gasteiger partial charge is 0.332 e. The van der Waals surface area contributed by atoms with Crippen molar-refractivity contribution in [3.63, 3.8) is 0 Å². The molecule has 9 heteroatoms. The first-order valence-corrected chi connectivity index (χ1v) is 19.9. The van der Waals surface area contributed by atoms with Crippen LogP contribution in [0.1, 0.15) is 174 Å². The SMILES string of the molecule is CC(C)c1cc(CN2C(=O)N(Cc3cc(C(C)(C)C)c(O)c(C(C)(C)C)c3)C(O)N(Cc3cc(C(C)(C)C)c(O)c(C(C)(C)C)c3)C2=O)cc(C(C)(C)C)c1O. The van der Waals surface area contributed by atoms with Crippen LogP contribution in [0, 0.1) is 0 Å². The third kappa shape index (κ3) is 9.14. The molecule has 9 nitrogen and oxygen atoms in total. The lowest BCUT2D eigenvalue weighted by molar-refractivity contribution is -0.101. The van der Waals surface area contributed by atoms with Crippen molar-refractivity contribution in [2.45, 2.75) is 177 Å². The molecule has 3 aromatic rings. The summed E-state index contributed by atoms with van der Waals surface area (Å²) in [7, 11) is 0. The van der Waals surface area contributed by atoms with Gasteiger partial charge in [-0.3, -0.25) is 9.80 Å². The van der Waals surface area contributed by atoms with E-state index in [1.54, 1.807) is 0 Å². The fraction of sp³-hybridized carbons (Fsp3) is 0.574. The van der Waals surface area contributed by atoms with E-state index in [9.17, 15) is 30.0 Å². The molecule has 4 N–H and O–H groups in total. The third-order valence-corrected chi connectivity index (χ3v) is 10.8. The predicted molar refractivity (Wildman–Crippen MR) is 225 cm³/mol. The molecule has 1 aliphatic rings. The van der Waals surface area contributed by atoms with E-state index in [2.05, 4.69) is 0 Å². The van der Waals surface area contributed by atoms with Crippen LogP contribution in [0.25, 0.3) is 0 Å². The summed E-state index contributed by atoms with van der Waals surface area (Å²) in [5.41, 5.74) is 4.28. The summed E-state index contributed by atoms with van der Waals surface area (Å²) in [6.07, 6.45) is -1.63. The first-order chi connectivity index (χ1) is 25.2. The maximum absolute atomic E-state index is 14.7. The number of hydrogen-bond acceptors (Lipinski definition) is 6. The van der Waals surface area contributed by atoms with Gasteiger partial charge in [0.1, 0.15) is 17.2 Å². The second-order valence-corrected chi connectivity index (χ2v) is 21.3. The Bertz CT molecular complexity index is 1810. The number of carbonyl (C=O) groups is 2. The highest BCUT2D eigenvalue weighted by molar-refractivity contribution is 5.96. The van der Waals surface area contributed by atoms with Crippen molar-refractivity contribution >= 4 is 12.1 Å². The molecule has 1 aliphatic heterocycles. The average molecular weight is 772 g/mol. The Labute approximate surface area is 336 Å². The molecule has 0 unspecified atom stereocenters. The average Bonchev–Trinajstić information content (AvgIpc) is 3.02. The van der Waals surface area contributed by atoms with Crippen LogP contribution in [0.2, 0.25) is 0 Å². The maximum Gasteiger partial charge on any atom is 0.332 e. The van der Waals surface area contributed by atoms with Crippen molar-refractivity contribution in [1.82, 2.24) is 14.7 Å². The number of phenols is 3. The third-order valence-electron chi connectivity index (χ3n) is 10.8. The predicted octanol–water partition coefficient (Wildman–Crippen LogP) is 10.8. The van der Waals surface area contributed by atoms with Crippen LogP contribution in [-0.2, 0) is 46.7 Å². The van der Waals surface area contributed by atoms with Gasteiger partial charge in [-0.15, -0.1) is 0 Å². The lowest BCUT2D eigenvalue weighted by Crippen LogP contribution is -2.65. The number of amides is 4. The van der Waals surface area contributed by atoms with Gasteiger partial charge in [-0.05, 0) is 113 Å². The van der Waals surface area contributed by atoms with Gasteiger partial charge in [0.2, 0.25) is 6.35 Å². The van der Waals surface area contributed by atoms with Crippen LogP contribution in [0.15, 0.2) is 36.4 Å². The second kappa shape index (κ2) is 14.9. The molecule has 0 aliphatic carbocycles. The number of phenolic OH excluding ortho intramolecular Hbond substituents is 3. The molecule has 4 rings (SSSR count). The topological polar surface area (TPSA) is 125 Å². The summed E-state index contributed by atoms with van der Waals surface area (Å²) in [4.78, 5) is 33.1. The van der Waals surface area contributed by atoms with E-state index >= 15 is 0 Å². The number of aliphatic hydroxyl groups excluding tert-OH is 1. The van der Waals surface area contributed by atoms with E-state index in [1.165, 1.54) is 14.7 Å². The summed E-state index contributed by atoms with van der Waals surface area (Å²) < 4.78 is 0. The van der Waals surface area contributed by atoms with Gasteiger partial charge in [-0.25, -0.2) is 14.5 Å². The van der Waals surface area contributed by atoms with E-state index in [0.29, 0.717) is 22.3 Å². The molecule has 0 bridgehead atoms. The summed E-state index contributed by atoms with van der Waals surface area (Å²) in [6.45, 7) is 34.1. The number of hydrogen-bond donors (Lipinski definition) is 4. The lowest BCUT2D eigenvalue weighted by Gasteiger charge is -2.45. The van der Waals surface area contributed by atoms with E-state index in [1.807, 2.05) is 154 Å². The molecule has 0 spiro atoms. The molecule has 56 heavy (non-hydrogen) atoms. The zero-order valence-corrected chi connectivity index (χ0v) is 37.2. The molecule has 0 atom stereocenters. The zero-order chi connectivity index (χ0) is 42.8. The number of carbonyl (C=O) groups excluding carboxylic acids is 2. The number of urea groups is 2. The lowest BCUT2D eigenvalue weighted by atomic mass is 9.78. The van der Waals surface area contributed by atoms with Crippen molar-refractivity contribution in [3.05, 3.63) is 86.5 Å². The molecular formula is C47H69N3O6. The number of benzene rings is 3. The molecular weight excluding hydrogens is 703 g/mol. The highest BCUT2D eigenvalue weighted by Gasteiger charge is 2.44.